The van der Waals surface area contributed by atoms with Gasteiger partial charge in [-0.1, -0.05) is 6.07 Å². The van der Waals surface area contributed by atoms with Crippen LogP contribution >= 0.6 is 11.3 Å². The highest BCUT2D eigenvalue weighted by atomic mass is 32.1. The lowest BCUT2D eigenvalue weighted by atomic mass is 10.2. The first kappa shape index (κ1) is 14.3. The molecule has 5 nitrogen and oxygen atoms in total. The van der Waals surface area contributed by atoms with Crippen LogP contribution in [-0.4, -0.2) is 16.1 Å². The molecule has 1 amide bonds. The van der Waals surface area contributed by atoms with Gasteiger partial charge >= 0.3 is 0 Å². The molecule has 0 fully saturated rings. The Morgan fingerprint density at radius 2 is 2.00 bits per heavy atom. The van der Waals surface area contributed by atoms with Crippen molar-refractivity contribution >= 4 is 22.9 Å². The van der Waals surface area contributed by atoms with Crippen molar-refractivity contribution in [3.8, 4) is 11.5 Å². The number of halogens is 2. The molecule has 112 valence electrons. The molecule has 0 aliphatic heterocycles. The molecule has 1 N–H and O–H groups in total. The van der Waals surface area contributed by atoms with E-state index in [1.165, 1.54) is 17.4 Å². The van der Waals surface area contributed by atoms with E-state index in [4.69, 9.17) is 4.42 Å². The lowest BCUT2D eigenvalue weighted by Gasteiger charge is -2.05. The van der Waals surface area contributed by atoms with Crippen LogP contribution in [0.4, 0.5) is 14.5 Å². The number of hydrogen-bond donors (Lipinski definition) is 1. The Bertz CT molecular complexity index is 782. The highest BCUT2D eigenvalue weighted by Crippen LogP contribution is 2.21. The molecule has 22 heavy (non-hydrogen) atoms. The van der Waals surface area contributed by atoms with Crippen molar-refractivity contribution in [3.05, 3.63) is 52.6 Å². The Balaban J connectivity index is 1.70. The fraction of sp³-hybridized carbons (Fsp3) is 0.0714. The number of rotatable bonds is 4. The van der Waals surface area contributed by atoms with Crippen LogP contribution in [0.3, 0.4) is 0 Å². The summed E-state index contributed by atoms with van der Waals surface area (Å²) in [6, 6.07) is 5.13. The maximum atomic E-state index is 13.4. The average molecular weight is 321 g/mol. The lowest BCUT2D eigenvalue weighted by molar-refractivity contribution is -0.115. The van der Waals surface area contributed by atoms with Gasteiger partial charge < -0.3 is 9.73 Å². The van der Waals surface area contributed by atoms with Crippen LogP contribution in [0.25, 0.3) is 11.5 Å². The minimum atomic E-state index is -0.849. The van der Waals surface area contributed by atoms with Crippen LogP contribution in [0.1, 0.15) is 5.89 Å². The number of amides is 1. The quantitative estimate of drug-likeness (QED) is 0.801. The molecular weight excluding hydrogens is 312 g/mol. The van der Waals surface area contributed by atoms with E-state index in [2.05, 4.69) is 15.5 Å². The molecule has 0 saturated carbocycles. The van der Waals surface area contributed by atoms with Gasteiger partial charge in [0.15, 0.2) is 0 Å². The Labute approximate surface area is 127 Å². The van der Waals surface area contributed by atoms with Crippen molar-refractivity contribution in [1.29, 1.82) is 0 Å². The molecule has 1 aromatic carbocycles. The zero-order chi connectivity index (χ0) is 15.5. The van der Waals surface area contributed by atoms with Crippen molar-refractivity contribution in [3.63, 3.8) is 0 Å². The highest BCUT2D eigenvalue weighted by Gasteiger charge is 2.16. The van der Waals surface area contributed by atoms with Crippen molar-refractivity contribution in [2.45, 2.75) is 6.42 Å². The van der Waals surface area contributed by atoms with Crippen LogP contribution in [0.15, 0.2) is 39.4 Å². The molecule has 0 bridgehead atoms. The Morgan fingerprint density at radius 1 is 1.23 bits per heavy atom. The van der Waals surface area contributed by atoms with E-state index in [9.17, 15) is 13.6 Å². The topological polar surface area (TPSA) is 68.0 Å². The molecular formula is C14H9F2N3O2S. The Morgan fingerprint density at radius 3 is 2.68 bits per heavy atom. The average Bonchev–Trinajstić information content (AvgIpc) is 3.13. The fourth-order valence-electron chi connectivity index (χ4n) is 1.77. The first-order valence-electron chi connectivity index (χ1n) is 6.22. The molecule has 0 spiro atoms. The third kappa shape index (κ3) is 3.01. The molecule has 2 heterocycles. The SMILES string of the molecule is O=C(Cc1nnc(-c2ccsc2)o1)Nc1c(F)cccc1F. The molecule has 3 rings (SSSR count). The predicted octanol–water partition coefficient (Wildman–Crippen LogP) is 3.26. The van der Waals surface area contributed by atoms with E-state index in [-0.39, 0.29) is 12.3 Å². The number of benzene rings is 1. The number of para-hydroxylation sites is 1. The van der Waals surface area contributed by atoms with E-state index < -0.39 is 23.2 Å². The van der Waals surface area contributed by atoms with Gasteiger partial charge in [-0.3, -0.25) is 4.79 Å². The molecule has 0 unspecified atom stereocenters. The lowest BCUT2D eigenvalue weighted by Crippen LogP contribution is -2.16. The third-order valence-corrected chi connectivity index (χ3v) is 3.46. The number of carbonyl (C=O) groups excluding carboxylic acids is 1. The summed E-state index contributed by atoms with van der Waals surface area (Å²) in [5, 5.41) is 13.4. The largest absolute Gasteiger partial charge is 0.420 e. The number of aromatic nitrogens is 2. The van der Waals surface area contributed by atoms with Gasteiger partial charge in [0.25, 0.3) is 0 Å². The van der Waals surface area contributed by atoms with Gasteiger partial charge in [-0.25, -0.2) is 8.78 Å². The van der Waals surface area contributed by atoms with Crippen LogP contribution in [-0.2, 0) is 11.2 Å². The summed E-state index contributed by atoms with van der Waals surface area (Å²) in [5.74, 6) is -1.99. The molecule has 0 radical (unpaired) electrons. The van der Waals surface area contributed by atoms with E-state index >= 15 is 0 Å². The summed E-state index contributed by atoms with van der Waals surface area (Å²) in [6.07, 6.45) is -0.273. The molecule has 8 heteroatoms. The van der Waals surface area contributed by atoms with E-state index in [1.54, 1.807) is 6.07 Å². The minimum absolute atomic E-state index is 0.0652. The smallest absolute Gasteiger partial charge is 0.248 e. The van der Waals surface area contributed by atoms with Crippen molar-refractivity contribution in [2.24, 2.45) is 0 Å². The van der Waals surface area contributed by atoms with E-state index in [0.717, 1.165) is 17.7 Å². The molecule has 2 aromatic heterocycles. The van der Waals surface area contributed by atoms with Crippen molar-refractivity contribution < 1.29 is 18.0 Å². The zero-order valence-corrected chi connectivity index (χ0v) is 11.9. The number of thiophene rings is 1. The normalized spacial score (nSPS) is 10.6. The van der Waals surface area contributed by atoms with Gasteiger partial charge in [0.2, 0.25) is 17.7 Å². The molecule has 0 saturated heterocycles. The standard InChI is InChI=1S/C14H9F2N3O2S/c15-9-2-1-3-10(16)13(9)17-11(20)6-12-18-19-14(21-12)8-4-5-22-7-8/h1-5,7H,6H2,(H,17,20). The van der Waals surface area contributed by atoms with E-state index in [0.29, 0.717) is 5.89 Å². The number of nitrogens with one attached hydrogen (secondary N) is 1. The first-order valence-corrected chi connectivity index (χ1v) is 7.16. The fourth-order valence-corrected chi connectivity index (χ4v) is 2.40. The van der Waals surface area contributed by atoms with Gasteiger partial charge in [0, 0.05) is 10.9 Å². The summed E-state index contributed by atoms with van der Waals surface area (Å²) in [5.41, 5.74) is 0.259. The second-order valence-corrected chi connectivity index (χ2v) is 5.11. The number of anilines is 1. The summed E-state index contributed by atoms with van der Waals surface area (Å²) >= 11 is 1.47. The van der Waals surface area contributed by atoms with Gasteiger partial charge in [0.05, 0.1) is 0 Å². The third-order valence-electron chi connectivity index (χ3n) is 2.77. The van der Waals surface area contributed by atoms with Gasteiger partial charge in [-0.05, 0) is 23.6 Å². The van der Waals surface area contributed by atoms with Crippen LogP contribution in [0.5, 0.6) is 0 Å². The minimum Gasteiger partial charge on any atom is -0.420 e. The number of nitrogens with zero attached hydrogens (tertiary/aromatic N) is 2. The van der Waals surface area contributed by atoms with Crippen LogP contribution in [0.2, 0.25) is 0 Å². The van der Waals surface area contributed by atoms with Gasteiger partial charge in [0.1, 0.15) is 23.7 Å². The maximum absolute atomic E-state index is 13.4. The Hall–Kier alpha value is -2.61. The monoisotopic (exact) mass is 321 g/mol. The predicted molar refractivity (Wildman–Crippen MR) is 76.3 cm³/mol. The molecule has 3 aromatic rings. The van der Waals surface area contributed by atoms with E-state index in [1.807, 2.05) is 10.8 Å². The maximum Gasteiger partial charge on any atom is 0.248 e. The van der Waals surface area contributed by atoms with Gasteiger partial charge in [-0.2, -0.15) is 11.3 Å². The second-order valence-electron chi connectivity index (χ2n) is 4.33. The first-order chi connectivity index (χ1) is 10.6. The second kappa shape index (κ2) is 6.02. The van der Waals surface area contributed by atoms with Crippen molar-refractivity contribution in [2.75, 3.05) is 5.32 Å². The van der Waals surface area contributed by atoms with Crippen LogP contribution < -0.4 is 5.32 Å². The highest BCUT2D eigenvalue weighted by molar-refractivity contribution is 7.08. The number of hydrogen-bond acceptors (Lipinski definition) is 5. The van der Waals surface area contributed by atoms with Gasteiger partial charge in [-0.15, -0.1) is 10.2 Å². The summed E-state index contributed by atoms with van der Waals surface area (Å²) < 4.78 is 32.2. The van der Waals surface area contributed by atoms with Crippen LogP contribution in [0, 0.1) is 11.6 Å². The summed E-state index contributed by atoms with van der Waals surface area (Å²) in [6.45, 7) is 0. The number of carbonyl (C=O) groups is 1. The summed E-state index contributed by atoms with van der Waals surface area (Å²) in [4.78, 5) is 11.8. The molecule has 0 atom stereocenters. The summed E-state index contributed by atoms with van der Waals surface area (Å²) in [7, 11) is 0. The molecule has 0 aliphatic rings. The Kier molecular flexibility index (Phi) is 3.92. The van der Waals surface area contributed by atoms with Crippen molar-refractivity contribution in [1.82, 2.24) is 10.2 Å². The zero-order valence-electron chi connectivity index (χ0n) is 11.0. The molecule has 0 aliphatic carbocycles.